The van der Waals surface area contributed by atoms with Crippen LogP contribution in [0.4, 0.5) is 0 Å². The topological polar surface area (TPSA) is 85.2 Å². The summed E-state index contributed by atoms with van der Waals surface area (Å²) in [6, 6.07) is 0. The van der Waals surface area contributed by atoms with Crippen molar-refractivity contribution < 1.29 is 28.7 Å². The second kappa shape index (κ2) is 4.82. The molecule has 0 spiro atoms. The lowest BCUT2D eigenvalue weighted by Gasteiger charge is -2.11. The molecule has 0 fully saturated rings. The van der Waals surface area contributed by atoms with Gasteiger partial charge in [0, 0.05) is 0 Å². The van der Waals surface area contributed by atoms with E-state index in [2.05, 4.69) is 14.3 Å². The third-order valence-electron chi connectivity index (χ3n) is 0.607. The Morgan fingerprint density at radius 2 is 2.09 bits per heavy atom. The van der Waals surface area contributed by atoms with Gasteiger partial charge in [0.15, 0.2) is 6.29 Å². The van der Waals surface area contributed by atoms with Gasteiger partial charge in [-0.3, -0.25) is 4.52 Å². The molecule has 7 heteroatoms. The van der Waals surface area contributed by atoms with Gasteiger partial charge in [0.2, 0.25) is 0 Å². The molecule has 1 atom stereocenters. The highest BCUT2D eigenvalue weighted by atomic mass is 31.2. The Bertz CT molecular complexity index is 142. The lowest BCUT2D eigenvalue weighted by Crippen LogP contribution is -2.11. The van der Waals surface area contributed by atoms with Gasteiger partial charge >= 0.3 is 7.82 Å². The van der Waals surface area contributed by atoms with E-state index in [4.69, 9.17) is 9.79 Å². The van der Waals surface area contributed by atoms with Crippen LogP contribution in [-0.4, -0.2) is 22.7 Å². The van der Waals surface area contributed by atoms with Crippen molar-refractivity contribution >= 4 is 7.82 Å². The number of hydrogen-bond acceptors (Lipinski definition) is 4. The highest BCUT2D eigenvalue weighted by Crippen LogP contribution is 2.37. The largest absolute Gasteiger partial charge is 0.472 e. The summed E-state index contributed by atoms with van der Waals surface area (Å²) in [6.07, 6.45) is -1.07. The second-order valence-electron chi connectivity index (χ2n) is 1.67. The summed E-state index contributed by atoms with van der Waals surface area (Å²) in [5, 5.41) is 0. The van der Waals surface area contributed by atoms with Crippen LogP contribution in [0.15, 0.2) is 0 Å². The fourth-order valence-electron chi connectivity index (χ4n) is 0.375. The van der Waals surface area contributed by atoms with Crippen molar-refractivity contribution in [2.45, 2.75) is 20.1 Å². The number of phosphoric ester groups is 1. The lowest BCUT2D eigenvalue weighted by atomic mass is 10.8. The minimum atomic E-state index is -4.47. The summed E-state index contributed by atoms with van der Waals surface area (Å²) in [4.78, 5) is 25.2. The Labute approximate surface area is 64.2 Å². The van der Waals surface area contributed by atoms with Crippen LogP contribution in [0.25, 0.3) is 0 Å². The van der Waals surface area contributed by atoms with Crippen LogP contribution in [0.1, 0.15) is 13.8 Å². The SMILES string of the molecule is CCOOC(C)OP(=O)(O)O. The van der Waals surface area contributed by atoms with Gasteiger partial charge in [-0.05, 0) is 13.8 Å². The van der Waals surface area contributed by atoms with Gasteiger partial charge in [-0.25, -0.2) is 14.3 Å². The third-order valence-corrected chi connectivity index (χ3v) is 1.18. The molecule has 68 valence electrons. The fraction of sp³-hybridized carbons (Fsp3) is 1.00. The monoisotopic (exact) mass is 186 g/mol. The maximum absolute atomic E-state index is 10.1. The van der Waals surface area contributed by atoms with Crippen molar-refractivity contribution in [1.29, 1.82) is 0 Å². The standard InChI is InChI=1S/C4H11O6P/c1-3-8-9-4(2)10-11(5,6)7/h4H,3H2,1-2H3,(H2,5,6,7). The summed E-state index contributed by atoms with van der Waals surface area (Å²) in [6.45, 7) is 3.27. The first-order valence-corrected chi connectivity index (χ1v) is 4.51. The first-order chi connectivity index (χ1) is 4.95. The molecular weight excluding hydrogens is 175 g/mol. The van der Waals surface area contributed by atoms with E-state index in [1.165, 1.54) is 6.92 Å². The average Bonchev–Trinajstić information content (AvgIpc) is 1.79. The minimum Gasteiger partial charge on any atom is -0.303 e. The van der Waals surface area contributed by atoms with E-state index in [1.54, 1.807) is 6.92 Å². The molecule has 0 radical (unpaired) electrons. The number of rotatable bonds is 5. The number of phosphoric acid groups is 1. The van der Waals surface area contributed by atoms with Gasteiger partial charge in [-0.1, -0.05) is 0 Å². The summed E-state index contributed by atoms with van der Waals surface area (Å²) >= 11 is 0. The van der Waals surface area contributed by atoms with Gasteiger partial charge in [0.1, 0.15) is 0 Å². The summed E-state index contributed by atoms with van der Waals surface area (Å²) in [5.41, 5.74) is 0. The molecular formula is C4H11O6P. The molecule has 0 aliphatic heterocycles. The highest BCUT2D eigenvalue weighted by Gasteiger charge is 2.19. The van der Waals surface area contributed by atoms with E-state index in [1.807, 2.05) is 0 Å². The molecule has 0 saturated carbocycles. The third kappa shape index (κ3) is 7.93. The van der Waals surface area contributed by atoms with Crippen LogP contribution in [-0.2, 0) is 18.9 Å². The maximum Gasteiger partial charge on any atom is 0.472 e. The van der Waals surface area contributed by atoms with Crippen LogP contribution < -0.4 is 0 Å². The molecule has 1 unspecified atom stereocenters. The van der Waals surface area contributed by atoms with Crippen molar-refractivity contribution in [2.24, 2.45) is 0 Å². The van der Waals surface area contributed by atoms with Gasteiger partial charge < -0.3 is 9.79 Å². The van der Waals surface area contributed by atoms with Crippen molar-refractivity contribution in [1.82, 2.24) is 0 Å². The molecule has 0 aliphatic rings. The smallest absolute Gasteiger partial charge is 0.303 e. The van der Waals surface area contributed by atoms with Crippen molar-refractivity contribution in [3.8, 4) is 0 Å². The Morgan fingerprint density at radius 1 is 1.55 bits per heavy atom. The Kier molecular flexibility index (Phi) is 4.83. The minimum absolute atomic E-state index is 0.287. The molecule has 0 aromatic rings. The van der Waals surface area contributed by atoms with Gasteiger partial charge in [0.05, 0.1) is 6.61 Å². The molecule has 2 N–H and O–H groups in total. The molecule has 11 heavy (non-hydrogen) atoms. The van der Waals surface area contributed by atoms with E-state index >= 15 is 0 Å². The Morgan fingerprint density at radius 3 is 2.45 bits per heavy atom. The van der Waals surface area contributed by atoms with E-state index in [9.17, 15) is 4.57 Å². The lowest BCUT2D eigenvalue weighted by molar-refractivity contribution is -0.356. The zero-order chi connectivity index (χ0) is 8.91. The van der Waals surface area contributed by atoms with Gasteiger partial charge in [0.25, 0.3) is 0 Å². The predicted octanol–water partition coefficient (Wildman–Crippen LogP) is 0.410. The molecule has 0 aliphatic carbocycles. The van der Waals surface area contributed by atoms with Crippen LogP contribution in [0, 0.1) is 0 Å². The number of hydrogen-bond donors (Lipinski definition) is 2. The van der Waals surface area contributed by atoms with Gasteiger partial charge in [-0.15, -0.1) is 0 Å². The van der Waals surface area contributed by atoms with E-state index < -0.39 is 14.1 Å². The van der Waals surface area contributed by atoms with Crippen molar-refractivity contribution in [3.05, 3.63) is 0 Å². The zero-order valence-corrected chi connectivity index (χ0v) is 7.15. The van der Waals surface area contributed by atoms with Crippen LogP contribution in [0.2, 0.25) is 0 Å². The average molecular weight is 186 g/mol. The zero-order valence-electron chi connectivity index (χ0n) is 6.26. The molecule has 0 amide bonds. The highest BCUT2D eigenvalue weighted by molar-refractivity contribution is 7.46. The Balaban J connectivity index is 3.52. The molecule has 0 saturated heterocycles. The van der Waals surface area contributed by atoms with Crippen LogP contribution in [0.5, 0.6) is 0 Å². The van der Waals surface area contributed by atoms with E-state index in [0.717, 1.165) is 0 Å². The summed E-state index contributed by atoms with van der Waals surface area (Å²) < 4.78 is 14.2. The molecule has 0 rings (SSSR count). The first kappa shape index (κ1) is 11.0. The van der Waals surface area contributed by atoms with Crippen molar-refractivity contribution in [2.75, 3.05) is 6.61 Å². The molecule has 6 nitrogen and oxygen atoms in total. The van der Waals surface area contributed by atoms with Gasteiger partial charge in [-0.2, -0.15) is 0 Å². The van der Waals surface area contributed by atoms with Crippen LogP contribution in [0.3, 0.4) is 0 Å². The second-order valence-corrected chi connectivity index (χ2v) is 2.86. The predicted molar refractivity (Wildman–Crippen MR) is 35.3 cm³/mol. The molecule has 0 bridgehead atoms. The van der Waals surface area contributed by atoms with Crippen LogP contribution >= 0.6 is 7.82 Å². The van der Waals surface area contributed by atoms with E-state index in [0.29, 0.717) is 0 Å². The molecule has 0 heterocycles. The van der Waals surface area contributed by atoms with Crippen molar-refractivity contribution in [3.63, 3.8) is 0 Å². The molecule has 0 aromatic heterocycles. The van der Waals surface area contributed by atoms with E-state index in [-0.39, 0.29) is 6.61 Å². The fourth-order valence-corrected chi connectivity index (χ4v) is 0.797. The summed E-state index contributed by atoms with van der Waals surface area (Å²) in [7, 11) is -4.47. The normalized spacial score (nSPS) is 14.9. The molecule has 0 aromatic carbocycles. The maximum atomic E-state index is 10.1. The quantitative estimate of drug-likeness (QED) is 0.280. The first-order valence-electron chi connectivity index (χ1n) is 2.98. The summed E-state index contributed by atoms with van der Waals surface area (Å²) in [5.74, 6) is 0. The Hall–Kier alpha value is 0.0300.